The van der Waals surface area contributed by atoms with Crippen LogP contribution in [0.25, 0.3) is 11.4 Å². The molecule has 6 nitrogen and oxygen atoms in total. The van der Waals surface area contributed by atoms with Gasteiger partial charge in [-0.25, -0.2) is 4.39 Å². The van der Waals surface area contributed by atoms with Crippen LogP contribution >= 0.6 is 11.8 Å². The summed E-state index contributed by atoms with van der Waals surface area (Å²) in [7, 11) is 0. The number of nitriles is 1. The highest BCUT2D eigenvalue weighted by Gasteiger charge is 2.30. The van der Waals surface area contributed by atoms with Crippen molar-refractivity contribution in [2.45, 2.75) is 44.4 Å². The Labute approximate surface area is 191 Å². The van der Waals surface area contributed by atoms with Crippen LogP contribution in [-0.4, -0.2) is 32.0 Å². The number of thioether (sulfide) groups is 1. The van der Waals surface area contributed by atoms with Crippen LogP contribution in [0.3, 0.4) is 0 Å². The summed E-state index contributed by atoms with van der Waals surface area (Å²) in [4.78, 5) is 12.5. The van der Waals surface area contributed by atoms with Gasteiger partial charge in [0, 0.05) is 6.54 Å². The van der Waals surface area contributed by atoms with E-state index in [2.05, 4.69) is 21.6 Å². The van der Waals surface area contributed by atoms with Crippen molar-refractivity contribution in [2.24, 2.45) is 5.92 Å². The molecular weight excluding hydrogens is 425 g/mol. The summed E-state index contributed by atoms with van der Waals surface area (Å²) in [6.45, 7) is 6.01. The predicted molar refractivity (Wildman–Crippen MR) is 123 cm³/mol. The number of nitrogens with zero attached hydrogens (tertiary/aromatic N) is 4. The smallest absolute Gasteiger partial charge is 0.231 e. The molecule has 0 aliphatic rings. The fourth-order valence-electron chi connectivity index (χ4n) is 3.08. The van der Waals surface area contributed by atoms with Gasteiger partial charge in [0.25, 0.3) is 0 Å². The SMILES string of the molecule is CC(C)[C@@](C)(C#N)NC(=O)CSc1nnc(-c2ccccc2F)n1CCc1ccccc1. The maximum absolute atomic E-state index is 14.5. The average molecular weight is 452 g/mol. The molecule has 0 aliphatic heterocycles. The highest BCUT2D eigenvalue weighted by molar-refractivity contribution is 7.99. The summed E-state index contributed by atoms with van der Waals surface area (Å²) in [6, 6.07) is 18.6. The van der Waals surface area contributed by atoms with Crippen LogP contribution in [0.2, 0.25) is 0 Å². The lowest BCUT2D eigenvalue weighted by molar-refractivity contribution is -0.120. The van der Waals surface area contributed by atoms with Gasteiger partial charge in [-0.15, -0.1) is 10.2 Å². The van der Waals surface area contributed by atoms with E-state index in [1.807, 2.05) is 48.7 Å². The third-order valence-corrected chi connectivity index (χ3v) is 6.38. The van der Waals surface area contributed by atoms with Crippen molar-refractivity contribution in [2.75, 3.05) is 5.75 Å². The molecule has 0 spiro atoms. The first kappa shape index (κ1) is 23.5. The molecule has 1 aromatic heterocycles. The molecule has 0 aliphatic carbocycles. The molecule has 1 heterocycles. The fourth-order valence-corrected chi connectivity index (χ4v) is 3.85. The van der Waals surface area contributed by atoms with Crippen molar-refractivity contribution >= 4 is 17.7 Å². The molecule has 1 N–H and O–H groups in total. The zero-order chi connectivity index (χ0) is 23.1. The number of hydrogen-bond donors (Lipinski definition) is 1. The minimum Gasteiger partial charge on any atom is -0.337 e. The Morgan fingerprint density at radius 3 is 2.53 bits per heavy atom. The van der Waals surface area contributed by atoms with Gasteiger partial charge >= 0.3 is 0 Å². The summed E-state index contributed by atoms with van der Waals surface area (Å²) in [6.07, 6.45) is 0.708. The number of carbonyl (C=O) groups is 1. The Morgan fingerprint density at radius 1 is 1.19 bits per heavy atom. The van der Waals surface area contributed by atoms with Gasteiger partial charge in [-0.05, 0) is 37.0 Å². The molecule has 1 amide bonds. The van der Waals surface area contributed by atoms with Crippen molar-refractivity contribution in [1.82, 2.24) is 20.1 Å². The van der Waals surface area contributed by atoms with Crippen LogP contribution in [0.1, 0.15) is 26.3 Å². The van der Waals surface area contributed by atoms with Crippen molar-refractivity contribution in [3.8, 4) is 17.5 Å². The Morgan fingerprint density at radius 2 is 1.88 bits per heavy atom. The van der Waals surface area contributed by atoms with Gasteiger partial charge < -0.3 is 9.88 Å². The first-order chi connectivity index (χ1) is 15.3. The van der Waals surface area contributed by atoms with E-state index in [0.29, 0.717) is 29.5 Å². The van der Waals surface area contributed by atoms with E-state index < -0.39 is 5.54 Å². The Balaban J connectivity index is 1.81. The molecule has 1 atom stereocenters. The highest BCUT2D eigenvalue weighted by Crippen LogP contribution is 2.26. The number of aromatic nitrogens is 3. The number of aryl methyl sites for hydroxylation is 1. The second-order valence-corrected chi connectivity index (χ2v) is 8.92. The number of hydrogen-bond acceptors (Lipinski definition) is 5. The van der Waals surface area contributed by atoms with Crippen LogP contribution in [0, 0.1) is 23.1 Å². The lowest BCUT2D eigenvalue weighted by Crippen LogP contribution is -2.49. The van der Waals surface area contributed by atoms with E-state index in [1.54, 1.807) is 25.1 Å². The largest absolute Gasteiger partial charge is 0.337 e. The van der Waals surface area contributed by atoms with Crippen molar-refractivity contribution in [3.05, 3.63) is 66.0 Å². The summed E-state index contributed by atoms with van der Waals surface area (Å²) in [5.41, 5.74) is 0.550. The lowest BCUT2D eigenvalue weighted by Gasteiger charge is -2.27. The minimum absolute atomic E-state index is 0.0383. The molecule has 0 radical (unpaired) electrons. The molecule has 0 bridgehead atoms. The summed E-state index contributed by atoms with van der Waals surface area (Å²) in [5.74, 6) is -0.186. The lowest BCUT2D eigenvalue weighted by atomic mass is 9.90. The molecule has 0 saturated heterocycles. The second kappa shape index (κ2) is 10.4. The molecule has 32 heavy (non-hydrogen) atoms. The van der Waals surface area contributed by atoms with E-state index in [0.717, 1.165) is 5.56 Å². The molecule has 2 aromatic carbocycles. The molecule has 166 valence electrons. The van der Waals surface area contributed by atoms with Gasteiger partial charge in [0.05, 0.1) is 17.4 Å². The molecule has 0 unspecified atom stereocenters. The summed E-state index contributed by atoms with van der Waals surface area (Å²) < 4.78 is 16.3. The van der Waals surface area contributed by atoms with E-state index in [-0.39, 0.29) is 23.4 Å². The fraction of sp³-hybridized carbons (Fsp3) is 0.333. The van der Waals surface area contributed by atoms with Crippen molar-refractivity contribution < 1.29 is 9.18 Å². The predicted octanol–water partition coefficient (Wildman–Crippen LogP) is 4.47. The average Bonchev–Trinajstić information content (AvgIpc) is 3.19. The Hall–Kier alpha value is -3.18. The highest BCUT2D eigenvalue weighted by atomic mass is 32.2. The van der Waals surface area contributed by atoms with Gasteiger partial charge in [-0.2, -0.15) is 5.26 Å². The molecule has 3 aromatic rings. The third kappa shape index (κ3) is 5.54. The van der Waals surface area contributed by atoms with Crippen LogP contribution in [0.5, 0.6) is 0 Å². The number of halogens is 1. The topological polar surface area (TPSA) is 83.6 Å². The zero-order valence-corrected chi connectivity index (χ0v) is 19.2. The minimum atomic E-state index is -0.947. The first-order valence-electron chi connectivity index (χ1n) is 10.4. The van der Waals surface area contributed by atoms with Gasteiger partial charge in [0.2, 0.25) is 5.91 Å². The van der Waals surface area contributed by atoms with Crippen molar-refractivity contribution in [1.29, 1.82) is 5.26 Å². The normalized spacial score (nSPS) is 12.9. The van der Waals surface area contributed by atoms with Gasteiger partial charge in [0.15, 0.2) is 11.0 Å². The summed E-state index contributed by atoms with van der Waals surface area (Å²) >= 11 is 1.22. The van der Waals surface area contributed by atoms with Gasteiger partial charge in [-0.1, -0.05) is 68.1 Å². The Bertz CT molecular complexity index is 1110. The van der Waals surface area contributed by atoms with Gasteiger partial charge in [-0.3, -0.25) is 4.79 Å². The third-order valence-electron chi connectivity index (χ3n) is 5.42. The standard InChI is InChI=1S/C24H26FN5OS/c1-17(2)24(3,16-26)27-21(31)15-32-23-29-28-22(19-11-7-8-12-20(19)25)30(23)14-13-18-9-5-4-6-10-18/h4-12,17H,13-15H2,1-3H3,(H,27,31)/t24-/m1/s1. The molecular formula is C24H26FN5OS. The second-order valence-electron chi connectivity index (χ2n) is 7.98. The maximum atomic E-state index is 14.5. The molecule has 0 saturated carbocycles. The number of amides is 1. The monoisotopic (exact) mass is 451 g/mol. The van der Waals surface area contributed by atoms with Crippen LogP contribution in [0.4, 0.5) is 4.39 Å². The Kier molecular flexibility index (Phi) is 7.65. The number of rotatable bonds is 9. The van der Waals surface area contributed by atoms with Gasteiger partial charge in [0.1, 0.15) is 11.4 Å². The molecule has 8 heteroatoms. The number of carbonyl (C=O) groups excluding carboxylic acids is 1. The summed E-state index contributed by atoms with van der Waals surface area (Å²) in [5, 5.41) is 21.2. The van der Waals surface area contributed by atoms with Crippen LogP contribution in [-0.2, 0) is 17.8 Å². The zero-order valence-electron chi connectivity index (χ0n) is 18.4. The van der Waals surface area contributed by atoms with E-state index in [1.165, 1.54) is 17.8 Å². The number of nitrogens with one attached hydrogen (secondary N) is 1. The quantitative estimate of drug-likeness (QED) is 0.485. The van der Waals surface area contributed by atoms with Crippen LogP contribution in [0.15, 0.2) is 59.8 Å². The number of benzene rings is 2. The molecule has 0 fully saturated rings. The van der Waals surface area contributed by atoms with E-state index in [9.17, 15) is 14.4 Å². The maximum Gasteiger partial charge on any atom is 0.231 e. The van der Waals surface area contributed by atoms with E-state index >= 15 is 0 Å². The van der Waals surface area contributed by atoms with Crippen LogP contribution < -0.4 is 5.32 Å². The molecule has 3 rings (SSSR count). The van der Waals surface area contributed by atoms with E-state index in [4.69, 9.17) is 0 Å². The first-order valence-corrected chi connectivity index (χ1v) is 11.4. The van der Waals surface area contributed by atoms with Crippen molar-refractivity contribution in [3.63, 3.8) is 0 Å².